The maximum absolute atomic E-state index is 15.1. The Morgan fingerprint density at radius 3 is 1.85 bits per heavy atom. The van der Waals surface area contributed by atoms with Gasteiger partial charge in [-0.05, 0) is 69.1 Å². The van der Waals surface area contributed by atoms with Gasteiger partial charge in [0, 0.05) is 52.2 Å². The lowest BCUT2D eigenvalue weighted by Gasteiger charge is -2.32. The number of hydrogen-bond donors (Lipinski definition) is 17. The fourth-order valence-corrected chi connectivity index (χ4v) is 11.2. The second-order valence-corrected chi connectivity index (χ2v) is 26.2. The van der Waals surface area contributed by atoms with E-state index in [4.69, 9.17) is 4.74 Å². The van der Waals surface area contributed by atoms with Crippen LogP contribution in [0.2, 0.25) is 0 Å². The summed E-state index contributed by atoms with van der Waals surface area (Å²) in [4.78, 5) is 259. The zero-order chi connectivity index (χ0) is 81.1. The third-order valence-electron chi connectivity index (χ3n) is 17.6. The molecule has 0 aromatic heterocycles. The molecule has 13 amide bonds. The minimum atomic E-state index is -2.62. The standard InChI is InChI=1S/C68H101N13O27/c1-8-10-11-12-13-14-17-46(83)69-31-36(4)58(96)70-32-47(84)73-41(23-26-50(88)89)60(98)75-43(29-38-18-20-39(82)21-19-38)61(99)78-55-37(5)108-53(94)34-80(6)66(104)42(24-27-51(90)91)74-59(97)40(22-25-49(86)87)72-48(85)33-71-63(101)45-16-15-28-81(45)67(105)56(57(95)68(106)107-7)79-62(100)44(30-52(92)93)76-64(102)54(35(3)9-2)77-65(55)103/h18-21,35-37,40-45,54-57,82,95H,8-17,22-34H2,1-7H3,(H,69,83)(H,70,96)(H,71,101)(H,72,85)(H,73,84)(H,74,97)(H,75,98)(H,76,102)(H,77,103)(H,78,99)(H,79,100)(H,86,87)(H,88,89)(H,90,91)(H,92,93)/t35-,36-,37-,40-,41-,42+,43+,44+,45+,54-,55+,56+,57-/m1/s1. The Balaban J connectivity index is 2.23. The number of amides is 13. The van der Waals surface area contributed by atoms with Crippen LogP contribution in [0.15, 0.2) is 24.3 Å². The van der Waals surface area contributed by atoms with Gasteiger partial charge in [0.15, 0.2) is 6.10 Å². The molecule has 0 bridgehead atoms. The zero-order valence-corrected chi connectivity index (χ0v) is 61.2. The number of aliphatic hydroxyl groups is 1. The number of carbonyl (C=O) groups excluding carboxylic acids is 15. The molecule has 1 aromatic rings. The molecule has 0 spiro atoms. The van der Waals surface area contributed by atoms with E-state index in [-0.39, 0.29) is 56.0 Å². The van der Waals surface area contributed by atoms with Crippen LogP contribution >= 0.6 is 0 Å². The van der Waals surface area contributed by atoms with Gasteiger partial charge >= 0.3 is 35.8 Å². The minimum absolute atomic E-state index is 0.0327. The number of phenols is 1. The van der Waals surface area contributed by atoms with E-state index in [1.807, 2.05) is 5.32 Å². The van der Waals surface area contributed by atoms with Crippen LogP contribution in [0.3, 0.4) is 0 Å². The molecule has 2 heterocycles. The molecule has 108 heavy (non-hydrogen) atoms. The average Bonchev–Trinajstić information content (AvgIpc) is 1.58. The van der Waals surface area contributed by atoms with Crippen molar-refractivity contribution < 1.29 is 131 Å². The number of aromatic hydroxyl groups is 1. The van der Waals surface area contributed by atoms with Gasteiger partial charge in [-0.1, -0.05) is 78.4 Å². The molecule has 0 unspecified atom stereocenters. The number of nitrogens with one attached hydrogen (secondary N) is 11. The molecule has 0 radical (unpaired) electrons. The van der Waals surface area contributed by atoms with E-state index in [1.54, 1.807) is 0 Å². The van der Waals surface area contributed by atoms with E-state index in [9.17, 15) is 112 Å². The van der Waals surface area contributed by atoms with Crippen LogP contribution in [0.1, 0.15) is 149 Å². The van der Waals surface area contributed by atoms with Gasteiger partial charge in [0.05, 0.1) is 32.5 Å². The molecular weight excluding hydrogens is 1430 g/mol. The van der Waals surface area contributed by atoms with Crippen LogP contribution in [0.25, 0.3) is 0 Å². The number of methoxy groups -OCH3 is 1. The molecule has 3 rings (SSSR count). The molecule has 0 saturated carbocycles. The van der Waals surface area contributed by atoms with Crippen molar-refractivity contribution in [3.05, 3.63) is 29.8 Å². The Morgan fingerprint density at radius 2 is 1.24 bits per heavy atom. The van der Waals surface area contributed by atoms with Gasteiger partial charge in [0.1, 0.15) is 72.8 Å². The number of carboxylic acids is 4. The number of aliphatic hydroxyl groups excluding tert-OH is 1. The zero-order valence-electron chi connectivity index (χ0n) is 61.2. The summed E-state index contributed by atoms with van der Waals surface area (Å²) in [6.45, 7) is 4.11. The van der Waals surface area contributed by atoms with Crippen molar-refractivity contribution in [1.29, 1.82) is 0 Å². The van der Waals surface area contributed by atoms with Gasteiger partial charge in [-0.3, -0.25) is 86.3 Å². The summed E-state index contributed by atoms with van der Waals surface area (Å²) in [5, 5.41) is 85.7. The molecule has 0 aliphatic carbocycles. The molecule has 2 aliphatic rings. The monoisotopic (exact) mass is 1530 g/mol. The maximum atomic E-state index is 15.1. The number of hydrogen-bond acceptors (Lipinski definition) is 23. The smallest absolute Gasteiger partial charge is 0.337 e. The van der Waals surface area contributed by atoms with Crippen molar-refractivity contribution in [2.45, 2.75) is 217 Å². The summed E-state index contributed by atoms with van der Waals surface area (Å²) in [7, 11) is 1.75. The summed E-state index contributed by atoms with van der Waals surface area (Å²) in [6, 6.07) is -12.9. The number of esters is 2. The highest BCUT2D eigenvalue weighted by Crippen LogP contribution is 2.21. The molecular formula is C68H101N13O27. The number of fused-ring (bicyclic) bond motifs is 1. The number of aliphatic carboxylic acids is 4. The molecule has 2 aliphatic heterocycles. The molecule has 13 atom stereocenters. The highest BCUT2D eigenvalue weighted by atomic mass is 16.5. The first-order chi connectivity index (χ1) is 50.9. The van der Waals surface area contributed by atoms with Gasteiger partial charge < -0.3 is 108 Å². The van der Waals surface area contributed by atoms with E-state index in [1.165, 1.54) is 45.0 Å². The normalized spacial score (nSPS) is 21.7. The molecule has 40 heteroatoms. The molecule has 2 saturated heterocycles. The summed E-state index contributed by atoms with van der Waals surface area (Å²) < 4.78 is 10.2. The van der Waals surface area contributed by atoms with E-state index >= 15 is 9.59 Å². The fraction of sp³-hybridized carbons (Fsp3) is 0.632. The van der Waals surface area contributed by atoms with Crippen molar-refractivity contribution >= 4 is 113 Å². The van der Waals surface area contributed by atoms with E-state index < -0.39 is 256 Å². The van der Waals surface area contributed by atoms with Crippen LogP contribution < -0.4 is 58.5 Å². The Morgan fingerprint density at radius 1 is 0.639 bits per heavy atom. The fourth-order valence-electron chi connectivity index (χ4n) is 11.2. The Bertz CT molecular complexity index is 3390. The van der Waals surface area contributed by atoms with Crippen molar-refractivity contribution in [3.63, 3.8) is 0 Å². The lowest BCUT2D eigenvalue weighted by Crippen LogP contribution is -2.64. The number of ether oxygens (including phenoxy) is 2. The Kier molecular flexibility index (Phi) is 38.9. The van der Waals surface area contributed by atoms with Crippen LogP contribution in [0.4, 0.5) is 0 Å². The third-order valence-corrected chi connectivity index (χ3v) is 17.6. The van der Waals surface area contributed by atoms with Crippen LogP contribution in [-0.4, -0.2) is 267 Å². The van der Waals surface area contributed by atoms with Crippen molar-refractivity contribution in [2.75, 3.05) is 46.9 Å². The first-order valence-corrected chi connectivity index (χ1v) is 35.3. The second kappa shape index (κ2) is 46.1. The van der Waals surface area contributed by atoms with E-state index in [0.717, 1.165) is 58.1 Å². The summed E-state index contributed by atoms with van der Waals surface area (Å²) in [5.74, 6) is -26.5. The van der Waals surface area contributed by atoms with Crippen molar-refractivity contribution in [2.24, 2.45) is 11.8 Å². The third kappa shape index (κ3) is 31.5. The number of likely N-dealkylation sites (N-methyl/N-ethyl adjacent to an activating group) is 1. The minimum Gasteiger partial charge on any atom is -0.508 e. The summed E-state index contributed by atoms with van der Waals surface area (Å²) in [5.41, 5.74) is 0.173. The number of benzene rings is 1. The Hall–Kier alpha value is -11.1. The number of nitrogens with zero attached hydrogens (tertiary/aromatic N) is 2. The Labute approximate surface area is 621 Å². The second-order valence-electron chi connectivity index (χ2n) is 26.2. The van der Waals surface area contributed by atoms with Crippen molar-refractivity contribution in [3.8, 4) is 5.75 Å². The number of rotatable bonds is 34. The number of carbonyl (C=O) groups is 19. The summed E-state index contributed by atoms with van der Waals surface area (Å²) in [6.07, 6.45) is -5.26. The lowest BCUT2D eigenvalue weighted by molar-refractivity contribution is -0.158. The van der Waals surface area contributed by atoms with E-state index in [0.29, 0.717) is 11.3 Å². The van der Waals surface area contributed by atoms with Gasteiger partial charge in [-0.15, -0.1) is 0 Å². The molecule has 40 nitrogen and oxygen atoms in total. The number of cyclic esters (lactones) is 1. The number of phenolic OH excluding ortho intramolecular Hbond substituents is 1. The van der Waals surface area contributed by atoms with E-state index in [2.05, 4.69) is 64.8 Å². The summed E-state index contributed by atoms with van der Waals surface area (Å²) >= 11 is 0. The highest BCUT2D eigenvalue weighted by Gasteiger charge is 2.45. The lowest BCUT2D eigenvalue weighted by atomic mass is 9.96. The predicted octanol–water partition coefficient (Wildman–Crippen LogP) is -4.41. The maximum Gasteiger partial charge on any atom is 0.337 e. The van der Waals surface area contributed by atoms with Crippen LogP contribution in [0, 0.1) is 11.8 Å². The van der Waals surface area contributed by atoms with Crippen molar-refractivity contribution in [1.82, 2.24) is 68.3 Å². The average molecular weight is 1530 g/mol. The molecule has 17 N–H and O–H groups in total. The quantitative estimate of drug-likeness (QED) is 0.0229. The predicted molar refractivity (Wildman–Crippen MR) is 372 cm³/mol. The molecule has 1 aromatic carbocycles. The molecule has 2 fully saturated rings. The van der Waals surface area contributed by atoms with Gasteiger partial charge in [0.2, 0.25) is 76.8 Å². The van der Waals surface area contributed by atoms with Gasteiger partial charge in [0.25, 0.3) is 0 Å². The topological polar surface area (TPSA) is 603 Å². The highest BCUT2D eigenvalue weighted by molar-refractivity contribution is 6.01. The SMILES string of the molecule is CCCCCCCCC(=O)NC[C@@H](C)C(=O)NCC(=O)N[C@H](CCC(=O)O)C(=O)N[C@@H](Cc1ccc(O)cc1)C(=O)N[C@@H]1C(=O)N[C@H]([C@H](C)CC)C(=O)N[C@@H](CC(=O)O)C(=O)N[C@@H]([C@@H](O)C(=O)OC)C(=O)N2CCC[C@H]2C(=O)NCC(=O)N[C@H](CCC(=O)O)C(=O)N[C@@H](CCC(=O)O)C(=O)N(C)CC(=O)O[C@@H]1C. The number of unbranched alkanes of at least 4 members (excludes halogenated alkanes) is 5. The largest absolute Gasteiger partial charge is 0.508 e. The molecule has 600 valence electrons. The number of carboxylic acid groups (broad SMARTS) is 4. The first kappa shape index (κ1) is 91.1. The van der Waals surface area contributed by atoms with Crippen LogP contribution in [-0.2, 0) is 107 Å². The van der Waals surface area contributed by atoms with Crippen LogP contribution in [0.5, 0.6) is 5.75 Å². The van der Waals surface area contributed by atoms with Gasteiger partial charge in [-0.2, -0.15) is 0 Å². The first-order valence-electron chi connectivity index (χ1n) is 35.3. The van der Waals surface area contributed by atoms with Gasteiger partial charge in [-0.25, -0.2) is 4.79 Å².